The van der Waals surface area contributed by atoms with Crippen LogP contribution >= 0.6 is 0 Å². The molecule has 172 valence electrons. The first-order chi connectivity index (χ1) is 16.6. The smallest absolute Gasteiger partial charge is 0.203 e. The lowest BCUT2D eigenvalue weighted by Crippen LogP contribution is -2.03. The van der Waals surface area contributed by atoms with E-state index in [1.807, 2.05) is 30.3 Å². The van der Waals surface area contributed by atoms with Gasteiger partial charge in [-0.05, 0) is 46.7 Å². The van der Waals surface area contributed by atoms with Crippen molar-refractivity contribution in [1.29, 1.82) is 0 Å². The second kappa shape index (κ2) is 8.98. The van der Waals surface area contributed by atoms with Crippen molar-refractivity contribution in [3.05, 3.63) is 78.4 Å². The lowest BCUT2D eigenvalue weighted by molar-refractivity contribution is 0.324. The Morgan fingerprint density at radius 3 is 2.12 bits per heavy atom. The quantitative estimate of drug-likeness (QED) is 0.305. The molecule has 1 heterocycles. The number of ether oxygens (including phenoxy) is 4. The van der Waals surface area contributed by atoms with Crippen LogP contribution in [0.3, 0.4) is 0 Å². The molecule has 0 aliphatic rings. The Morgan fingerprint density at radius 1 is 0.706 bits per heavy atom. The van der Waals surface area contributed by atoms with Gasteiger partial charge in [-0.15, -0.1) is 0 Å². The van der Waals surface area contributed by atoms with Gasteiger partial charge in [0.1, 0.15) is 11.6 Å². The molecule has 0 atom stereocenters. The largest absolute Gasteiger partial charge is 0.497 e. The van der Waals surface area contributed by atoms with E-state index >= 15 is 0 Å². The lowest BCUT2D eigenvalue weighted by Gasteiger charge is -2.15. The predicted octanol–water partition coefficient (Wildman–Crippen LogP) is 5.94. The van der Waals surface area contributed by atoms with E-state index in [2.05, 4.69) is 47.0 Å². The molecule has 0 saturated heterocycles. The molecule has 1 aromatic heterocycles. The number of methoxy groups -OCH3 is 4. The molecule has 0 amide bonds. The number of aromatic nitrogens is 2. The van der Waals surface area contributed by atoms with Gasteiger partial charge in [0.05, 0.1) is 39.5 Å². The molecule has 0 aliphatic carbocycles. The van der Waals surface area contributed by atoms with Gasteiger partial charge in [0.2, 0.25) is 5.75 Å². The van der Waals surface area contributed by atoms with E-state index in [0.717, 1.165) is 28.2 Å². The maximum Gasteiger partial charge on any atom is 0.203 e. The van der Waals surface area contributed by atoms with Crippen LogP contribution in [-0.2, 0) is 6.54 Å². The zero-order valence-electron chi connectivity index (χ0n) is 19.7. The molecular formula is C28H26N2O4. The summed E-state index contributed by atoms with van der Waals surface area (Å²) in [5.74, 6) is 3.28. The zero-order valence-corrected chi connectivity index (χ0v) is 19.7. The summed E-state index contributed by atoms with van der Waals surface area (Å²) in [5, 5.41) is 2.43. The van der Waals surface area contributed by atoms with Crippen molar-refractivity contribution in [3.63, 3.8) is 0 Å². The summed E-state index contributed by atoms with van der Waals surface area (Å²) in [5.41, 5.74) is 3.91. The van der Waals surface area contributed by atoms with Crippen LogP contribution in [0.4, 0.5) is 0 Å². The number of hydrogen-bond acceptors (Lipinski definition) is 5. The summed E-state index contributed by atoms with van der Waals surface area (Å²) in [6.07, 6.45) is 0. The number of rotatable bonds is 7. The topological polar surface area (TPSA) is 54.7 Å². The fraction of sp³-hybridized carbons (Fsp3) is 0.179. The highest BCUT2D eigenvalue weighted by atomic mass is 16.5. The van der Waals surface area contributed by atoms with E-state index < -0.39 is 0 Å². The van der Waals surface area contributed by atoms with Crippen LogP contribution in [0.2, 0.25) is 0 Å². The molecule has 5 rings (SSSR count). The lowest BCUT2D eigenvalue weighted by atomic mass is 10.1. The van der Waals surface area contributed by atoms with Crippen molar-refractivity contribution >= 4 is 21.8 Å². The molecule has 0 saturated carbocycles. The molecule has 0 bridgehead atoms. The van der Waals surface area contributed by atoms with Crippen LogP contribution in [0.25, 0.3) is 33.2 Å². The SMILES string of the molecule is COc1ccc2c(c1)nc(-c1cc(OC)c(OC)c(OC)c1)n2Cc1ccc2ccccc2c1. The maximum atomic E-state index is 5.60. The fourth-order valence-electron chi connectivity index (χ4n) is 4.35. The van der Waals surface area contributed by atoms with E-state index in [-0.39, 0.29) is 0 Å². The Morgan fingerprint density at radius 2 is 1.44 bits per heavy atom. The Balaban J connectivity index is 1.70. The molecule has 0 radical (unpaired) electrons. The van der Waals surface area contributed by atoms with Gasteiger partial charge in [-0.2, -0.15) is 0 Å². The van der Waals surface area contributed by atoms with Gasteiger partial charge in [-0.3, -0.25) is 0 Å². The highest BCUT2D eigenvalue weighted by molar-refractivity contribution is 5.84. The van der Waals surface area contributed by atoms with Crippen molar-refractivity contribution in [2.45, 2.75) is 6.54 Å². The van der Waals surface area contributed by atoms with Gasteiger partial charge in [0.15, 0.2) is 11.5 Å². The minimum Gasteiger partial charge on any atom is -0.497 e. The summed E-state index contributed by atoms with van der Waals surface area (Å²) in [6.45, 7) is 0.652. The fourth-order valence-corrected chi connectivity index (χ4v) is 4.35. The molecule has 6 heteroatoms. The van der Waals surface area contributed by atoms with Crippen LogP contribution in [-0.4, -0.2) is 38.0 Å². The van der Waals surface area contributed by atoms with Gasteiger partial charge in [0.25, 0.3) is 0 Å². The van der Waals surface area contributed by atoms with Crippen LogP contribution in [0.15, 0.2) is 72.8 Å². The molecule has 5 aromatic rings. The number of hydrogen-bond donors (Lipinski definition) is 0. The monoisotopic (exact) mass is 454 g/mol. The molecule has 0 N–H and O–H groups in total. The first-order valence-electron chi connectivity index (χ1n) is 11.0. The van der Waals surface area contributed by atoms with Gasteiger partial charge in [0, 0.05) is 18.2 Å². The third-order valence-electron chi connectivity index (χ3n) is 6.03. The van der Waals surface area contributed by atoms with Gasteiger partial charge >= 0.3 is 0 Å². The average molecular weight is 455 g/mol. The molecule has 0 spiro atoms. The second-order valence-corrected chi connectivity index (χ2v) is 7.97. The Hall–Kier alpha value is -4.19. The van der Waals surface area contributed by atoms with Crippen LogP contribution in [0.5, 0.6) is 23.0 Å². The minimum atomic E-state index is 0.549. The first kappa shape index (κ1) is 21.6. The van der Waals surface area contributed by atoms with Crippen molar-refractivity contribution in [2.75, 3.05) is 28.4 Å². The van der Waals surface area contributed by atoms with Gasteiger partial charge in [-0.25, -0.2) is 4.98 Å². The van der Waals surface area contributed by atoms with E-state index in [4.69, 9.17) is 23.9 Å². The van der Waals surface area contributed by atoms with E-state index in [1.165, 1.54) is 16.3 Å². The highest BCUT2D eigenvalue weighted by Gasteiger charge is 2.19. The number of benzene rings is 4. The maximum absolute atomic E-state index is 5.60. The Labute approximate surface area is 198 Å². The molecule has 34 heavy (non-hydrogen) atoms. The van der Waals surface area contributed by atoms with Crippen LogP contribution < -0.4 is 18.9 Å². The van der Waals surface area contributed by atoms with Gasteiger partial charge < -0.3 is 23.5 Å². The van der Waals surface area contributed by atoms with Crippen molar-refractivity contribution in [2.24, 2.45) is 0 Å². The summed E-state index contributed by atoms with van der Waals surface area (Å²) < 4.78 is 24.4. The zero-order chi connectivity index (χ0) is 23.7. The van der Waals surface area contributed by atoms with E-state index in [1.54, 1.807) is 28.4 Å². The van der Waals surface area contributed by atoms with E-state index in [0.29, 0.717) is 23.8 Å². The summed E-state index contributed by atoms with van der Waals surface area (Å²) in [6, 6.07) is 24.7. The normalized spacial score (nSPS) is 11.1. The molecule has 0 unspecified atom stereocenters. The molecule has 0 fully saturated rings. The minimum absolute atomic E-state index is 0.549. The third kappa shape index (κ3) is 3.77. The van der Waals surface area contributed by atoms with Crippen molar-refractivity contribution in [3.8, 4) is 34.4 Å². The number of imidazole rings is 1. The summed E-state index contributed by atoms with van der Waals surface area (Å²) in [4.78, 5) is 4.99. The average Bonchev–Trinajstić information content (AvgIpc) is 3.24. The Kier molecular flexibility index (Phi) is 5.72. The Bertz CT molecular complexity index is 1460. The predicted molar refractivity (Wildman–Crippen MR) is 134 cm³/mol. The summed E-state index contributed by atoms with van der Waals surface area (Å²) in [7, 11) is 6.49. The number of fused-ring (bicyclic) bond motifs is 2. The standard InChI is InChI=1S/C28H26N2O4/c1-31-22-11-12-24-23(16-22)29-28(21-14-25(32-2)27(34-4)26(15-21)33-3)30(24)17-18-9-10-19-7-5-6-8-20(19)13-18/h5-16H,17H2,1-4H3. The molecule has 0 aliphatic heterocycles. The molecule has 6 nitrogen and oxygen atoms in total. The van der Waals surface area contributed by atoms with Crippen LogP contribution in [0, 0.1) is 0 Å². The summed E-state index contributed by atoms with van der Waals surface area (Å²) >= 11 is 0. The number of nitrogens with zero attached hydrogens (tertiary/aromatic N) is 2. The molecule has 4 aromatic carbocycles. The van der Waals surface area contributed by atoms with Crippen molar-refractivity contribution < 1.29 is 18.9 Å². The second-order valence-electron chi connectivity index (χ2n) is 7.97. The van der Waals surface area contributed by atoms with E-state index in [9.17, 15) is 0 Å². The third-order valence-corrected chi connectivity index (χ3v) is 6.03. The van der Waals surface area contributed by atoms with Gasteiger partial charge in [-0.1, -0.05) is 36.4 Å². The van der Waals surface area contributed by atoms with Crippen molar-refractivity contribution in [1.82, 2.24) is 9.55 Å². The molecular weight excluding hydrogens is 428 g/mol. The highest BCUT2D eigenvalue weighted by Crippen LogP contribution is 2.41. The van der Waals surface area contributed by atoms with Crippen LogP contribution in [0.1, 0.15) is 5.56 Å². The first-order valence-corrected chi connectivity index (χ1v) is 11.0.